The number of amides is 1. The van der Waals surface area contributed by atoms with E-state index in [9.17, 15) is 4.79 Å². The Bertz CT molecular complexity index is 708. The lowest BCUT2D eigenvalue weighted by atomic mass is 10.2. The fourth-order valence-corrected chi connectivity index (χ4v) is 4.32. The molecule has 1 heterocycles. The van der Waals surface area contributed by atoms with Gasteiger partial charge < -0.3 is 16.0 Å². The maximum absolute atomic E-state index is 12.2. The standard InChI is InChI=1S/C21H32ClN5O.HI/c1-15-18(22)8-5-9-19(15)26-20(28)10-12-24-21(23-2)25-16-11-13-27(14-16)17-6-3-4-7-17;/h5,8-9,16-17H,3-4,6-7,10-14H2,1-2H3,(H,26,28)(H2,23,24,25);1H. The lowest BCUT2D eigenvalue weighted by Gasteiger charge is -2.24. The zero-order chi connectivity index (χ0) is 19.9. The molecule has 0 spiro atoms. The number of carbonyl (C=O) groups is 1. The van der Waals surface area contributed by atoms with Gasteiger partial charge in [-0.3, -0.25) is 14.7 Å². The van der Waals surface area contributed by atoms with Crippen molar-refractivity contribution in [1.29, 1.82) is 0 Å². The van der Waals surface area contributed by atoms with E-state index in [1.165, 1.54) is 32.2 Å². The third-order valence-corrected chi connectivity index (χ3v) is 6.22. The van der Waals surface area contributed by atoms with E-state index >= 15 is 0 Å². The van der Waals surface area contributed by atoms with E-state index < -0.39 is 0 Å². The SMILES string of the molecule is CN=C(NCCC(=O)Nc1cccc(Cl)c1C)NC1CCN(C2CCCC2)C1.I. The summed E-state index contributed by atoms with van der Waals surface area (Å²) in [5.41, 5.74) is 1.65. The molecule has 0 bridgehead atoms. The van der Waals surface area contributed by atoms with Crippen LogP contribution in [-0.4, -0.2) is 55.5 Å². The molecule has 2 aliphatic rings. The lowest BCUT2D eigenvalue weighted by molar-refractivity contribution is -0.116. The number of nitrogens with one attached hydrogen (secondary N) is 3. The minimum absolute atomic E-state index is 0. The number of aliphatic imine (C=N–C) groups is 1. The molecule has 6 nitrogen and oxygen atoms in total. The summed E-state index contributed by atoms with van der Waals surface area (Å²) in [6, 6.07) is 6.73. The Labute approximate surface area is 196 Å². The summed E-state index contributed by atoms with van der Waals surface area (Å²) in [6.45, 7) is 4.68. The van der Waals surface area contributed by atoms with Crippen molar-refractivity contribution >= 4 is 53.1 Å². The van der Waals surface area contributed by atoms with Gasteiger partial charge in [-0.1, -0.05) is 30.5 Å². The summed E-state index contributed by atoms with van der Waals surface area (Å²) < 4.78 is 0. The van der Waals surface area contributed by atoms with Gasteiger partial charge in [-0.25, -0.2) is 0 Å². The molecule has 1 atom stereocenters. The van der Waals surface area contributed by atoms with Gasteiger partial charge in [0, 0.05) is 55.9 Å². The number of hydrogen-bond acceptors (Lipinski definition) is 3. The van der Waals surface area contributed by atoms with E-state index in [0.717, 1.165) is 36.2 Å². The van der Waals surface area contributed by atoms with Gasteiger partial charge in [-0.15, -0.1) is 24.0 Å². The van der Waals surface area contributed by atoms with Crippen LogP contribution in [0.15, 0.2) is 23.2 Å². The number of halogens is 2. The van der Waals surface area contributed by atoms with Gasteiger partial charge in [-0.05, 0) is 43.9 Å². The van der Waals surface area contributed by atoms with Crippen LogP contribution in [-0.2, 0) is 4.79 Å². The van der Waals surface area contributed by atoms with E-state index in [2.05, 4.69) is 25.8 Å². The smallest absolute Gasteiger partial charge is 0.226 e. The minimum atomic E-state index is -0.0402. The zero-order valence-corrected chi connectivity index (χ0v) is 20.4. The number of hydrogen-bond donors (Lipinski definition) is 3. The highest BCUT2D eigenvalue weighted by Gasteiger charge is 2.30. The van der Waals surface area contributed by atoms with Gasteiger partial charge in [0.15, 0.2) is 5.96 Å². The zero-order valence-electron chi connectivity index (χ0n) is 17.3. The molecule has 3 rings (SSSR count). The number of benzene rings is 1. The van der Waals surface area contributed by atoms with Crippen LogP contribution in [0.1, 0.15) is 44.1 Å². The number of carbonyl (C=O) groups excluding carboxylic acids is 1. The van der Waals surface area contributed by atoms with Crippen LogP contribution in [0.5, 0.6) is 0 Å². The number of guanidine groups is 1. The van der Waals surface area contributed by atoms with Crippen LogP contribution < -0.4 is 16.0 Å². The quantitative estimate of drug-likeness (QED) is 0.296. The summed E-state index contributed by atoms with van der Waals surface area (Å²) in [4.78, 5) is 19.2. The largest absolute Gasteiger partial charge is 0.356 e. The van der Waals surface area contributed by atoms with Crippen molar-refractivity contribution in [3.63, 3.8) is 0 Å². The molecule has 3 N–H and O–H groups in total. The Balaban J connectivity index is 0.00000300. The molecule has 1 aromatic rings. The number of nitrogens with zero attached hydrogens (tertiary/aromatic N) is 2. The summed E-state index contributed by atoms with van der Waals surface area (Å²) >= 11 is 6.10. The van der Waals surface area contributed by atoms with E-state index in [1.54, 1.807) is 7.05 Å². The molecular formula is C21H33ClIN5O. The first-order chi connectivity index (χ1) is 13.6. The van der Waals surface area contributed by atoms with Crippen molar-refractivity contribution in [2.45, 2.75) is 57.5 Å². The Kier molecular flexibility index (Phi) is 9.98. The topological polar surface area (TPSA) is 68.8 Å². The van der Waals surface area contributed by atoms with Crippen LogP contribution >= 0.6 is 35.6 Å². The van der Waals surface area contributed by atoms with Crippen molar-refractivity contribution in [1.82, 2.24) is 15.5 Å². The molecule has 1 unspecified atom stereocenters. The summed E-state index contributed by atoms with van der Waals surface area (Å²) in [7, 11) is 1.77. The van der Waals surface area contributed by atoms with Crippen LogP contribution in [0.2, 0.25) is 5.02 Å². The van der Waals surface area contributed by atoms with E-state index in [4.69, 9.17) is 11.6 Å². The molecule has 1 aliphatic carbocycles. The highest BCUT2D eigenvalue weighted by Crippen LogP contribution is 2.26. The van der Waals surface area contributed by atoms with Crippen molar-refractivity contribution in [3.8, 4) is 0 Å². The molecule has 8 heteroatoms. The molecule has 29 heavy (non-hydrogen) atoms. The maximum Gasteiger partial charge on any atom is 0.226 e. The molecule has 1 aliphatic heterocycles. The monoisotopic (exact) mass is 533 g/mol. The second kappa shape index (κ2) is 12.0. The molecule has 162 valence electrons. The molecule has 0 radical (unpaired) electrons. The second-order valence-electron chi connectivity index (χ2n) is 7.77. The third kappa shape index (κ3) is 7.00. The van der Waals surface area contributed by atoms with Gasteiger partial charge in [0.05, 0.1) is 0 Å². The van der Waals surface area contributed by atoms with E-state index in [0.29, 0.717) is 24.0 Å². The first kappa shape index (κ1) is 24.2. The summed E-state index contributed by atoms with van der Waals surface area (Å²) in [6.07, 6.45) is 6.96. The molecule has 2 fully saturated rings. The minimum Gasteiger partial charge on any atom is -0.356 e. The van der Waals surface area contributed by atoms with Gasteiger partial charge >= 0.3 is 0 Å². The van der Waals surface area contributed by atoms with Crippen molar-refractivity contribution < 1.29 is 4.79 Å². The fraction of sp³-hybridized carbons (Fsp3) is 0.619. The van der Waals surface area contributed by atoms with Gasteiger partial charge in [0.2, 0.25) is 5.91 Å². The van der Waals surface area contributed by atoms with Gasteiger partial charge in [0.1, 0.15) is 0 Å². The van der Waals surface area contributed by atoms with E-state index in [1.807, 2.05) is 25.1 Å². The third-order valence-electron chi connectivity index (χ3n) is 5.81. The predicted octanol–water partition coefficient (Wildman–Crippen LogP) is 3.78. The molecule has 1 saturated carbocycles. The Morgan fingerprint density at radius 2 is 2.03 bits per heavy atom. The summed E-state index contributed by atoms with van der Waals surface area (Å²) in [5, 5.41) is 10.3. The number of anilines is 1. The molecule has 1 saturated heterocycles. The highest BCUT2D eigenvalue weighted by molar-refractivity contribution is 14.0. The van der Waals surface area contributed by atoms with Crippen molar-refractivity contribution in [2.24, 2.45) is 4.99 Å². The number of likely N-dealkylation sites (tertiary alicyclic amines) is 1. The molecule has 1 amide bonds. The number of rotatable bonds is 6. The normalized spacial score (nSPS) is 20.4. The van der Waals surface area contributed by atoms with E-state index in [-0.39, 0.29) is 29.9 Å². The Morgan fingerprint density at radius 3 is 2.76 bits per heavy atom. The van der Waals surface area contributed by atoms with Crippen molar-refractivity contribution in [2.75, 3.05) is 32.0 Å². The van der Waals surface area contributed by atoms with Crippen LogP contribution in [0.4, 0.5) is 5.69 Å². The molecule has 0 aromatic heterocycles. The second-order valence-corrected chi connectivity index (χ2v) is 8.18. The van der Waals surface area contributed by atoms with Crippen LogP contribution in [0, 0.1) is 6.92 Å². The van der Waals surface area contributed by atoms with Gasteiger partial charge in [-0.2, -0.15) is 0 Å². The first-order valence-electron chi connectivity index (χ1n) is 10.3. The maximum atomic E-state index is 12.2. The highest BCUT2D eigenvalue weighted by atomic mass is 127. The predicted molar refractivity (Wildman–Crippen MR) is 132 cm³/mol. The Morgan fingerprint density at radius 1 is 1.28 bits per heavy atom. The molecular weight excluding hydrogens is 501 g/mol. The average molecular weight is 534 g/mol. The fourth-order valence-electron chi connectivity index (χ4n) is 4.14. The lowest BCUT2D eigenvalue weighted by Crippen LogP contribution is -2.45. The average Bonchev–Trinajstić information content (AvgIpc) is 3.36. The van der Waals surface area contributed by atoms with Crippen molar-refractivity contribution in [3.05, 3.63) is 28.8 Å². The molecule has 1 aromatic carbocycles. The van der Waals surface area contributed by atoms with Crippen LogP contribution in [0.25, 0.3) is 0 Å². The first-order valence-corrected chi connectivity index (χ1v) is 10.7. The van der Waals surface area contributed by atoms with Crippen LogP contribution in [0.3, 0.4) is 0 Å². The van der Waals surface area contributed by atoms with Gasteiger partial charge in [0.25, 0.3) is 0 Å². The Hall–Kier alpha value is -1.06. The summed E-state index contributed by atoms with van der Waals surface area (Å²) in [5.74, 6) is 0.728.